The Labute approximate surface area is 128 Å². The lowest BCUT2D eigenvalue weighted by molar-refractivity contribution is -0.143. The SMILES string of the molecule is CCC(F)CC(C(=O)O)(c1ccccc1)c1ccc(F)cc1. The fraction of sp³-hybridized carbons (Fsp3) is 0.278. The van der Waals surface area contributed by atoms with Crippen molar-refractivity contribution in [1.29, 1.82) is 0 Å². The Morgan fingerprint density at radius 1 is 1.09 bits per heavy atom. The van der Waals surface area contributed by atoms with Crippen LogP contribution in [0.25, 0.3) is 0 Å². The molecule has 22 heavy (non-hydrogen) atoms. The van der Waals surface area contributed by atoms with Crippen molar-refractivity contribution in [2.24, 2.45) is 0 Å². The van der Waals surface area contributed by atoms with Crippen LogP contribution >= 0.6 is 0 Å². The first kappa shape index (κ1) is 16.1. The molecule has 0 aliphatic rings. The molecule has 2 unspecified atom stereocenters. The van der Waals surface area contributed by atoms with E-state index >= 15 is 0 Å². The molecule has 1 N–H and O–H groups in total. The second kappa shape index (κ2) is 6.69. The number of hydrogen-bond donors (Lipinski definition) is 1. The number of carboxylic acid groups (broad SMARTS) is 1. The Bertz CT molecular complexity index is 625. The average Bonchev–Trinajstić information content (AvgIpc) is 2.53. The molecule has 0 aromatic heterocycles. The van der Waals surface area contributed by atoms with Crippen LogP contribution in [0.2, 0.25) is 0 Å². The van der Waals surface area contributed by atoms with Crippen LogP contribution in [-0.4, -0.2) is 17.2 Å². The molecular formula is C18H18F2O2. The van der Waals surface area contributed by atoms with Gasteiger partial charge in [-0.3, -0.25) is 4.79 Å². The number of carbonyl (C=O) groups is 1. The van der Waals surface area contributed by atoms with Gasteiger partial charge in [0.05, 0.1) is 0 Å². The summed E-state index contributed by atoms with van der Waals surface area (Å²) in [6.45, 7) is 1.67. The molecular weight excluding hydrogens is 286 g/mol. The lowest BCUT2D eigenvalue weighted by Crippen LogP contribution is -2.39. The van der Waals surface area contributed by atoms with Gasteiger partial charge in [-0.1, -0.05) is 49.4 Å². The first-order valence-electron chi connectivity index (χ1n) is 7.19. The first-order chi connectivity index (χ1) is 10.5. The molecule has 2 atom stereocenters. The van der Waals surface area contributed by atoms with Crippen molar-refractivity contribution in [2.75, 3.05) is 0 Å². The molecule has 0 saturated heterocycles. The predicted octanol–water partition coefficient (Wildman–Crippen LogP) is 4.33. The predicted molar refractivity (Wildman–Crippen MR) is 81.1 cm³/mol. The summed E-state index contributed by atoms with van der Waals surface area (Å²) < 4.78 is 27.3. The number of hydrogen-bond acceptors (Lipinski definition) is 1. The minimum absolute atomic E-state index is 0.186. The smallest absolute Gasteiger partial charge is 0.318 e. The van der Waals surface area contributed by atoms with Crippen molar-refractivity contribution in [3.05, 3.63) is 71.5 Å². The quantitative estimate of drug-likeness (QED) is 0.862. The minimum Gasteiger partial charge on any atom is -0.480 e. The van der Waals surface area contributed by atoms with Gasteiger partial charge >= 0.3 is 5.97 Å². The summed E-state index contributed by atoms with van der Waals surface area (Å²) in [6, 6.07) is 13.8. The third kappa shape index (κ3) is 3.01. The van der Waals surface area contributed by atoms with Crippen LogP contribution in [0, 0.1) is 5.82 Å². The van der Waals surface area contributed by atoms with Crippen molar-refractivity contribution < 1.29 is 18.7 Å². The molecule has 0 saturated carbocycles. The summed E-state index contributed by atoms with van der Waals surface area (Å²) in [5.74, 6) is -1.59. The Morgan fingerprint density at radius 3 is 2.14 bits per heavy atom. The van der Waals surface area contributed by atoms with Gasteiger partial charge in [-0.2, -0.15) is 0 Å². The van der Waals surface area contributed by atoms with E-state index in [1.54, 1.807) is 37.3 Å². The van der Waals surface area contributed by atoms with Gasteiger partial charge in [-0.05, 0) is 29.7 Å². The van der Waals surface area contributed by atoms with Crippen LogP contribution in [-0.2, 0) is 10.2 Å². The fourth-order valence-electron chi connectivity index (χ4n) is 2.67. The Balaban J connectivity index is 2.65. The zero-order valence-electron chi connectivity index (χ0n) is 12.3. The van der Waals surface area contributed by atoms with Gasteiger partial charge in [-0.15, -0.1) is 0 Å². The monoisotopic (exact) mass is 304 g/mol. The highest BCUT2D eigenvalue weighted by atomic mass is 19.1. The standard InChI is InChI=1S/C18H18F2O2/c1-2-15(19)12-18(17(21)22,13-6-4-3-5-7-13)14-8-10-16(20)11-9-14/h3-11,15H,2,12H2,1H3,(H,21,22). The summed E-state index contributed by atoms with van der Waals surface area (Å²) in [7, 11) is 0. The van der Waals surface area contributed by atoms with E-state index in [-0.39, 0.29) is 12.8 Å². The molecule has 0 amide bonds. The van der Waals surface area contributed by atoms with Crippen LogP contribution in [0.4, 0.5) is 8.78 Å². The van der Waals surface area contributed by atoms with E-state index < -0.39 is 23.4 Å². The molecule has 0 spiro atoms. The van der Waals surface area contributed by atoms with E-state index in [9.17, 15) is 18.7 Å². The van der Waals surface area contributed by atoms with Crippen LogP contribution in [0.5, 0.6) is 0 Å². The number of carboxylic acids is 1. The van der Waals surface area contributed by atoms with Crippen molar-refractivity contribution in [1.82, 2.24) is 0 Å². The molecule has 0 heterocycles. The van der Waals surface area contributed by atoms with Gasteiger partial charge in [-0.25, -0.2) is 8.78 Å². The maximum absolute atomic E-state index is 14.1. The van der Waals surface area contributed by atoms with Crippen molar-refractivity contribution >= 4 is 5.97 Å². The topological polar surface area (TPSA) is 37.3 Å². The molecule has 116 valence electrons. The summed E-state index contributed by atoms with van der Waals surface area (Å²) >= 11 is 0. The molecule has 2 aromatic rings. The number of benzene rings is 2. The van der Waals surface area contributed by atoms with E-state index in [1.165, 1.54) is 24.3 Å². The highest BCUT2D eigenvalue weighted by Crippen LogP contribution is 2.38. The molecule has 0 bridgehead atoms. The largest absolute Gasteiger partial charge is 0.480 e. The summed E-state index contributed by atoms with van der Waals surface area (Å²) in [5, 5.41) is 9.88. The average molecular weight is 304 g/mol. The van der Waals surface area contributed by atoms with E-state index in [0.29, 0.717) is 11.1 Å². The molecule has 2 rings (SSSR count). The number of halogens is 2. The van der Waals surface area contributed by atoms with Gasteiger partial charge in [0.2, 0.25) is 0 Å². The Hall–Kier alpha value is -2.23. The van der Waals surface area contributed by atoms with Gasteiger partial charge in [0.1, 0.15) is 17.4 Å². The number of alkyl halides is 1. The van der Waals surface area contributed by atoms with E-state index in [2.05, 4.69) is 0 Å². The van der Waals surface area contributed by atoms with Crippen LogP contribution < -0.4 is 0 Å². The van der Waals surface area contributed by atoms with Crippen molar-refractivity contribution in [3.63, 3.8) is 0 Å². The zero-order chi connectivity index (χ0) is 16.2. The molecule has 4 heteroatoms. The van der Waals surface area contributed by atoms with E-state index in [1.807, 2.05) is 0 Å². The third-order valence-electron chi connectivity index (χ3n) is 3.94. The van der Waals surface area contributed by atoms with Crippen LogP contribution in [0.1, 0.15) is 30.9 Å². The normalized spacial score (nSPS) is 15.0. The van der Waals surface area contributed by atoms with Gasteiger partial charge in [0, 0.05) is 6.42 Å². The zero-order valence-corrected chi connectivity index (χ0v) is 12.3. The first-order valence-corrected chi connectivity index (χ1v) is 7.19. The molecule has 0 fully saturated rings. The lowest BCUT2D eigenvalue weighted by atomic mass is 9.70. The maximum atomic E-state index is 14.1. The fourth-order valence-corrected chi connectivity index (χ4v) is 2.67. The molecule has 0 aliphatic heterocycles. The molecule has 0 aliphatic carbocycles. The van der Waals surface area contributed by atoms with Gasteiger partial charge in [0.25, 0.3) is 0 Å². The van der Waals surface area contributed by atoms with E-state index in [0.717, 1.165) is 0 Å². The van der Waals surface area contributed by atoms with Crippen molar-refractivity contribution in [3.8, 4) is 0 Å². The summed E-state index contributed by atoms with van der Waals surface area (Å²) in [6.07, 6.45) is -1.22. The van der Waals surface area contributed by atoms with E-state index in [4.69, 9.17) is 0 Å². The molecule has 0 radical (unpaired) electrons. The second-order valence-electron chi connectivity index (χ2n) is 5.29. The van der Waals surface area contributed by atoms with Crippen LogP contribution in [0.15, 0.2) is 54.6 Å². The molecule has 2 aromatic carbocycles. The highest BCUT2D eigenvalue weighted by molar-refractivity contribution is 5.86. The Kier molecular flexibility index (Phi) is 4.91. The van der Waals surface area contributed by atoms with Crippen molar-refractivity contribution in [2.45, 2.75) is 31.4 Å². The second-order valence-corrected chi connectivity index (χ2v) is 5.29. The lowest BCUT2D eigenvalue weighted by Gasteiger charge is -2.32. The minimum atomic E-state index is -1.52. The van der Waals surface area contributed by atoms with Gasteiger partial charge in [0.15, 0.2) is 0 Å². The third-order valence-corrected chi connectivity index (χ3v) is 3.94. The molecule has 2 nitrogen and oxygen atoms in total. The van der Waals surface area contributed by atoms with Crippen LogP contribution in [0.3, 0.4) is 0 Å². The van der Waals surface area contributed by atoms with Gasteiger partial charge < -0.3 is 5.11 Å². The Morgan fingerprint density at radius 2 is 1.64 bits per heavy atom. The summed E-state index contributed by atoms with van der Waals surface area (Å²) in [5.41, 5.74) is -0.654. The maximum Gasteiger partial charge on any atom is 0.318 e. The number of aliphatic carboxylic acids is 1. The number of rotatable bonds is 6. The summed E-state index contributed by atoms with van der Waals surface area (Å²) in [4.78, 5) is 12.1. The highest BCUT2D eigenvalue weighted by Gasteiger charge is 2.43.